The van der Waals surface area contributed by atoms with Gasteiger partial charge in [-0.15, -0.1) is 10.2 Å². The molecule has 1 fully saturated rings. The Kier molecular flexibility index (Phi) is 5.05. The molecule has 2 N–H and O–H groups in total. The van der Waals surface area contributed by atoms with E-state index < -0.39 is 5.54 Å². The average molecular weight is 435 g/mol. The van der Waals surface area contributed by atoms with Gasteiger partial charge in [0.15, 0.2) is 5.82 Å². The molecule has 2 aliphatic heterocycles. The minimum Gasteiger partial charge on any atom is -0.421 e. The van der Waals surface area contributed by atoms with Crippen LogP contribution < -0.4 is 15.5 Å². The highest BCUT2D eigenvalue weighted by Gasteiger charge is 2.44. The number of aryl methyl sites for hydroxylation is 1. The number of amides is 1. The molecule has 3 aromatic rings. The number of benzene rings is 1. The molecule has 0 aliphatic carbocycles. The fourth-order valence-electron chi connectivity index (χ4n) is 4.31. The Morgan fingerprint density at radius 3 is 2.72 bits per heavy atom. The van der Waals surface area contributed by atoms with Crippen LogP contribution in [0.3, 0.4) is 0 Å². The van der Waals surface area contributed by atoms with E-state index >= 15 is 0 Å². The lowest BCUT2D eigenvalue weighted by atomic mass is 9.93. The SMILES string of the molecule is Cc1nnc(-c2cccc(Nc3ccc4c(n3)N(C3CCOCC3)C(C)(C)C(=O)N4)c2)o1. The number of fused-ring (bicyclic) bond motifs is 1. The minimum atomic E-state index is -0.712. The summed E-state index contributed by atoms with van der Waals surface area (Å²) < 4.78 is 11.1. The summed E-state index contributed by atoms with van der Waals surface area (Å²) in [5, 5.41) is 14.4. The number of carbonyl (C=O) groups is 1. The first-order valence-electron chi connectivity index (χ1n) is 10.8. The molecular formula is C23H26N6O3. The van der Waals surface area contributed by atoms with Gasteiger partial charge in [0.25, 0.3) is 0 Å². The molecule has 0 radical (unpaired) electrons. The van der Waals surface area contributed by atoms with Crippen LogP contribution in [0.2, 0.25) is 0 Å². The quantitative estimate of drug-likeness (QED) is 0.637. The van der Waals surface area contributed by atoms with Crippen LogP contribution in [0.25, 0.3) is 11.5 Å². The van der Waals surface area contributed by atoms with Crippen molar-refractivity contribution in [3.8, 4) is 11.5 Å². The molecule has 5 rings (SSSR count). The Labute approximate surface area is 186 Å². The summed E-state index contributed by atoms with van der Waals surface area (Å²) in [5.74, 6) is 2.43. The van der Waals surface area contributed by atoms with E-state index in [1.54, 1.807) is 6.92 Å². The molecule has 1 saturated heterocycles. The summed E-state index contributed by atoms with van der Waals surface area (Å²) in [6.45, 7) is 7.03. The van der Waals surface area contributed by atoms with Gasteiger partial charge in [0.05, 0.1) is 5.69 Å². The number of hydrogen-bond donors (Lipinski definition) is 2. The average Bonchev–Trinajstić information content (AvgIpc) is 3.22. The number of anilines is 4. The van der Waals surface area contributed by atoms with Gasteiger partial charge in [-0.1, -0.05) is 6.07 Å². The number of carbonyl (C=O) groups excluding carboxylic acids is 1. The monoisotopic (exact) mass is 434 g/mol. The maximum atomic E-state index is 12.8. The van der Waals surface area contributed by atoms with E-state index in [0.717, 1.165) is 35.6 Å². The molecule has 1 aromatic carbocycles. The highest BCUT2D eigenvalue weighted by molar-refractivity contribution is 6.05. The van der Waals surface area contributed by atoms with Crippen LogP contribution in [0.1, 0.15) is 32.6 Å². The number of rotatable bonds is 4. The molecule has 9 nitrogen and oxygen atoms in total. The first-order valence-corrected chi connectivity index (χ1v) is 10.8. The van der Waals surface area contributed by atoms with Gasteiger partial charge in [0.2, 0.25) is 17.7 Å². The predicted molar refractivity (Wildman–Crippen MR) is 121 cm³/mol. The summed E-state index contributed by atoms with van der Waals surface area (Å²) >= 11 is 0. The Bertz CT molecular complexity index is 1150. The fourth-order valence-corrected chi connectivity index (χ4v) is 4.31. The highest BCUT2D eigenvalue weighted by atomic mass is 16.5. The lowest BCUT2D eigenvalue weighted by molar-refractivity contribution is -0.120. The van der Waals surface area contributed by atoms with Crippen molar-refractivity contribution in [2.45, 2.75) is 45.2 Å². The molecule has 32 heavy (non-hydrogen) atoms. The van der Waals surface area contributed by atoms with Gasteiger partial charge < -0.3 is 24.7 Å². The van der Waals surface area contributed by atoms with E-state index in [4.69, 9.17) is 14.1 Å². The maximum absolute atomic E-state index is 12.8. The third-order valence-corrected chi connectivity index (χ3v) is 5.97. The molecule has 9 heteroatoms. The first kappa shape index (κ1) is 20.4. The molecule has 0 spiro atoms. The zero-order valence-corrected chi connectivity index (χ0v) is 18.4. The molecule has 166 valence electrons. The topological polar surface area (TPSA) is 105 Å². The normalized spacial score (nSPS) is 18.2. The number of nitrogens with zero attached hydrogens (tertiary/aromatic N) is 4. The van der Waals surface area contributed by atoms with Crippen molar-refractivity contribution in [3.63, 3.8) is 0 Å². The first-order chi connectivity index (χ1) is 15.4. The molecule has 2 aliphatic rings. The Morgan fingerprint density at radius 2 is 1.97 bits per heavy atom. The van der Waals surface area contributed by atoms with Crippen LogP contribution in [-0.2, 0) is 9.53 Å². The van der Waals surface area contributed by atoms with Crippen LogP contribution in [0, 0.1) is 6.92 Å². The summed E-state index contributed by atoms with van der Waals surface area (Å²) in [5.41, 5.74) is 1.69. The maximum Gasteiger partial charge on any atom is 0.249 e. The molecule has 0 atom stereocenters. The number of nitrogens with one attached hydrogen (secondary N) is 2. The van der Waals surface area contributed by atoms with Gasteiger partial charge in [-0.3, -0.25) is 4.79 Å². The second kappa shape index (κ2) is 7.90. The van der Waals surface area contributed by atoms with Gasteiger partial charge in [-0.25, -0.2) is 4.98 Å². The van der Waals surface area contributed by atoms with Crippen molar-refractivity contribution in [3.05, 3.63) is 42.3 Å². The zero-order chi connectivity index (χ0) is 22.3. The van der Waals surface area contributed by atoms with Crippen LogP contribution in [0.4, 0.5) is 23.0 Å². The van der Waals surface area contributed by atoms with Gasteiger partial charge >= 0.3 is 0 Å². The third-order valence-electron chi connectivity index (χ3n) is 5.97. The van der Waals surface area contributed by atoms with E-state index in [2.05, 4.69) is 25.7 Å². The second-order valence-electron chi connectivity index (χ2n) is 8.63. The Hall–Kier alpha value is -3.46. The Balaban J connectivity index is 1.47. The predicted octanol–water partition coefficient (Wildman–Crippen LogP) is 3.90. The van der Waals surface area contributed by atoms with Gasteiger partial charge in [0.1, 0.15) is 11.4 Å². The molecule has 0 bridgehead atoms. The fraction of sp³-hybridized carbons (Fsp3) is 0.391. The van der Waals surface area contributed by atoms with Crippen molar-refractivity contribution < 1.29 is 13.9 Å². The summed E-state index contributed by atoms with van der Waals surface area (Å²) in [6, 6.07) is 11.7. The lowest BCUT2D eigenvalue weighted by Crippen LogP contribution is -2.61. The number of hydrogen-bond acceptors (Lipinski definition) is 8. The molecular weight excluding hydrogens is 408 g/mol. The second-order valence-corrected chi connectivity index (χ2v) is 8.63. The van der Waals surface area contributed by atoms with Crippen molar-refractivity contribution in [1.29, 1.82) is 0 Å². The van der Waals surface area contributed by atoms with E-state index in [1.165, 1.54) is 0 Å². The highest BCUT2D eigenvalue weighted by Crippen LogP contribution is 2.40. The lowest BCUT2D eigenvalue weighted by Gasteiger charge is -2.48. The van der Waals surface area contributed by atoms with Crippen molar-refractivity contribution in [2.75, 3.05) is 28.7 Å². The van der Waals surface area contributed by atoms with Crippen LogP contribution in [-0.4, -0.2) is 45.9 Å². The van der Waals surface area contributed by atoms with E-state index in [9.17, 15) is 4.79 Å². The number of aromatic nitrogens is 3. The standard InChI is InChI=1S/C23H26N6O3/c1-14-27-28-21(32-14)15-5-4-6-16(13-15)24-19-8-7-18-20(26-19)29(17-9-11-31-12-10-17)23(2,3)22(30)25-18/h4-8,13,17H,9-12H2,1-3H3,(H,24,26)(H,25,30). The van der Waals surface area contributed by atoms with E-state index in [1.807, 2.05) is 50.2 Å². The smallest absolute Gasteiger partial charge is 0.249 e. The van der Waals surface area contributed by atoms with Crippen molar-refractivity contribution >= 4 is 28.9 Å². The molecule has 0 saturated carbocycles. The van der Waals surface area contributed by atoms with E-state index in [0.29, 0.717) is 30.8 Å². The van der Waals surface area contributed by atoms with Crippen LogP contribution in [0.5, 0.6) is 0 Å². The van der Waals surface area contributed by atoms with E-state index in [-0.39, 0.29) is 11.9 Å². The number of ether oxygens (including phenoxy) is 1. The van der Waals surface area contributed by atoms with Crippen molar-refractivity contribution in [2.24, 2.45) is 0 Å². The third kappa shape index (κ3) is 3.69. The summed E-state index contributed by atoms with van der Waals surface area (Å²) in [4.78, 5) is 19.9. The zero-order valence-electron chi connectivity index (χ0n) is 18.4. The van der Waals surface area contributed by atoms with Gasteiger partial charge in [-0.2, -0.15) is 0 Å². The largest absolute Gasteiger partial charge is 0.421 e. The molecule has 2 aromatic heterocycles. The van der Waals surface area contributed by atoms with Crippen molar-refractivity contribution in [1.82, 2.24) is 15.2 Å². The summed E-state index contributed by atoms with van der Waals surface area (Å²) in [7, 11) is 0. The molecule has 1 amide bonds. The Morgan fingerprint density at radius 1 is 1.16 bits per heavy atom. The van der Waals surface area contributed by atoms with Gasteiger partial charge in [0, 0.05) is 37.4 Å². The van der Waals surface area contributed by atoms with Gasteiger partial charge in [-0.05, 0) is 57.0 Å². The minimum absolute atomic E-state index is 0.0263. The number of pyridine rings is 1. The molecule has 0 unspecified atom stereocenters. The molecule has 4 heterocycles. The summed E-state index contributed by atoms with van der Waals surface area (Å²) in [6.07, 6.45) is 1.72. The van der Waals surface area contributed by atoms with Crippen LogP contribution >= 0.6 is 0 Å². The van der Waals surface area contributed by atoms with Crippen LogP contribution in [0.15, 0.2) is 40.8 Å².